The third kappa shape index (κ3) is 3.79. The molecule has 1 saturated heterocycles. The van der Waals surface area contributed by atoms with Crippen LogP contribution in [0.15, 0.2) is 18.2 Å². The SMILES string of the molecule is CCOc1ccc(OCC)c(NC(C)C2CCOC2)c1. The molecular formula is C16H25NO3. The molecule has 0 aromatic heterocycles. The van der Waals surface area contributed by atoms with E-state index in [9.17, 15) is 0 Å². The summed E-state index contributed by atoms with van der Waals surface area (Å²) in [5, 5.41) is 3.55. The van der Waals surface area contributed by atoms with Gasteiger partial charge in [-0.15, -0.1) is 0 Å². The van der Waals surface area contributed by atoms with Gasteiger partial charge in [-0.1, -0.05) is 0 Å². The third-order valence-electron chi connectivity index (χ3n) is 3.62. The van der Waals surface area contributed by atoms with Gasteiger partial charge in [-0.3, -0.25) is 0 Å². The van der Waals surface area contributed by atoms with E-state index in [1.165, 1.54) is 0 Å². The van der Waals surface area contributed by atoms with Crippen LogP contribution < -0.4 is 14.8 Å². The van der Waals surface area contributed by atoms with Crippen LogP contribution in [0.4, 0.5) is 5.69 Å². The second-order valence-electron chi connectivity index (χ2n) is 5.08. The minimum atomic E-state index is 0.355. The van der Waals surface area contributed by atoms with E-state index >= 15 is 0 Å². The Kier molecular flexibility index (Phi) is 5.53. The Balaban J connectivity index is 2.11. The average Bonchev–Trinajstić information content (AvgIpc) is 2.96. The van der Waals surface area contributed by atoms with Crippen molar-refractivity contribution < 1.29 is 14.2 Å². The third-order valence-corrected chi connectivity index (χ3v) is 3.62. The van der Waals surface area contributed by atoms with E-state index in [0.29, 0.717) is 25.2 Å². The van der Waals surface area contributed by atoms with Crippen LogP contribution in [-0.4, -0.2) is 32.5 Å². The summed E-state index contributed by atoms with van der Waals surface area (Å²) >= 11 is 0. The van der Waals surface area contributed by atoms with E-state index < -0.39 is 0 Å². The predicted octanol–water partition coefficient (Wildman–Crippen LogP) is 3.32. The molecule has 1 aromatic carbocycles. The fourth-order valence-electron chi connectivity index (χ4n) is 2.47. The first-order valence-corrected chi connectivity index (χ1v) is 7.48. The van der Waals surface area contributed by atoms with Crippen molar-refractivity contribution >= 4 is 5.69 Å². The Hall–Kier alpha value is -1.42. The van der Waals surface area contributed by atoms with E-state index in [-0.39, 0.29) is 0 Å². The van der Waals surface area contributed by atoms with Gasteiger partial charge in [0.2, 0.25) is 0 Å². The van der Waals surface area contributed by atoms with Gasteiger partial charge in [0.1, 0.15) is 11.5 Å². The van der Waals surface area contributed by atoms with Crippen LogP contribution in [0.3, 0.4) is 0 Å². The first-order valence-electron chi connectivity index (χ1n) is 7.48. The van der Waals surface area contributed by atoms with E-state index in [2.05, 4.69) is 12.2 Å². The van der Waals surface area contributed by atoms with Crippen molar-refractivity contribution in [2.45, 2.75) is 33.2 Å². The van der Waals surface area contributed by atoms with Crippen molar-refractivity contribution in [2.24, 2.45) is 5.92 Å². The van der Waals surface area contributed by atoms with Crippen molar-refractivity contribution in [3.05, 3.63) is 18.2 Å². The second kappa shape index (κ2) is 7.39. The summed E-state index contributed by atoms with van der Waals surface area (Å²) in [7, 11) is 0. The van der Waals surface area contributed by atoms with Crippen molar-refractivity contribution in [3.8, 4) is 11.5 Å². The number of nitrogens with one attached hydrogen (secondary N) is 1. The first kappa shape index (κ1) is 15.0. The second-order valence-corrected chi connectivity index (χ2v) is 5.08. The first-order chi connectivity index (χ1) is 9.74. The Morgan fingerprint density at radius 3 is 2.75 bits per heavy atom. The molecule has 4 nitrogen and oxygen atoms in total. The molecule has 0 aliphatic carbocycles. The van der Waals surface area contributed by atoms with Gasteiger partial charge in [-0.05, 0) is 39.3 Å². The summed E-state index contributed by atoms with van der Waals surface area (Å²) in [4.78, 5) is 0. The van der Waals surface area contributed by atoms with E-state index in [4.69, 9.17) is 14.2 Å². The predicted molar refractivity (Wildman–Crippen MR) is 80.8 cm³/mol. The summed E-state index contributed by atoms with van der Waals surface area (Å²) < 4.78 is 16.7. The zero-order valence-electron chi connectivity index (χ0n) is 12.6. The Bertz CT molecular complexity index is 416. The highest BCUT2D eigenvalue weighted by atomic mass is 16.5. The van der Waals surface area contributed by atoms with Gasteiger partial charge in [-0.25, -0.2) is 0 Å². The zero-order chi connectivity index (χ0) is 14.4. The van der Waals surface area contributed by atoms with Crippen molar-refractivity contribution in [1.82, 2.24) is 0 Å². The lowest BCUT2D eigenvalue weighted by molar-refractivity contribution is 0.183. The van der Waals surface area contributed by atoms with Gasteiger partial charge >= 0.3 is 0 Å². The smallest absolute Gasteiger partial charge is 0.142 e. The maximum absolute atomic E-state index is 5.68. The number of anilines is 1. The lowest BCUT2D eigenvalue weighted by Gasteiger charge is -2.22. The molecule has 1 heterocycles. The highest BCUT2D eigenvalue weighted by molar-refractivity contribution is 5.60. The molecule has 1 aromatic rings. The molecule has 0 amide bonds. The van der Waals surface area contributed by atoms with E-state index in [0.717, 1.165) is 36.8 Å². The highest BCUT2D eigenvalue weighted by Crippen LogP contribution is 2.31. The standard InChI is InChI=1S/C16H25NO3/c1-4-19-14-6-7-16(20-5-2)15(10-14)17-12(3)13-8-9-18-11-13/h6-7,10,12-13,17H,4-5,8-9,11H2,1-3H3. The lowest BCUT2D eigenvalue weighted by Crippen LogP contribution is -2.26. The molecule has 2 rings (SSSR count). The van der Waals surface area contributed by atoms with Crippen molar-refractivity contribution in [3.63, 3.8) is 0 Å². The topological polar surface area (TPSA) is 39.7 Å². The van der Waals surface area contributed by atoms with Crippen LogP contribution in [0.1, 0.15) is 27.2 Å². The number of ether oxygens (including phenoxy) is 3. The summed E-state index contributed by atoms with van der Waals surface area (Å²) in [5.74, 6) is 2.30. The van der Waals surface area contributed by atoms with Crippen LogP contribution in [0.25, 0.3) is 0 Å². The average molecular weight is 279 g/mol. The van der Waals surface area contributed by atoms with Crippen LogP contribution in [-0.2, 0) is 4.74 Å². The van der Waals surface area contributed by atoms with Crippen LogP contribution in [0.5, 0.6) is 11.5 Å². The molecule has 1 aliphatic heterocycles. The fraction of sp³-hybridized carbons (Fsp3) is 0.625. The summed E-state index contributed by atoms with van der Waals surface area (Å²) in [6.07, 6.45) is 1.11. The number of hydrogen-bond donors (Lipinski definition) is 1. The molecule has 4 heteroatoms. The fourth-order valence-corrected chi connectivity index (χ4v) is 2.47. The van der Waals surface area contributed by atoms with Gasteiger partial charge in [0, 0.05) is 24.6 Å². The molecule has 1 N–H and O–H groups in total. The van der Waals surface area contributed by atoms with Gasteiger partial charge in [0.05, 0.1) is 25.5 Å². The lowest BCUT2D eigenvalue weighted by atomic mass is 10.0. The molecular weight excluding hydrogens is 254 g/mol. The Labute approximate surface area is 121 Å². The molecule has 0 bridgehead atoms. The molecule has 1 fully saturated rings. The van der Waals surface area contributed by atoms with Gasteiger partial charge in [-0.2, -0.15) is 0 Å². The number of hydrogen-bond acceptors (Lipinski definition) is 4. The Morgan fingerprint density at radius 1 is 1.30 bits per heavy atom. The molecule has 1 aliphatic rings. The molecule has 0 saturated carbocycles. The zero-order valence-corrected chi connectivity index (χ0v) is 12.6. The van der Waals surface area contributed by atoms with Crippen molar-refractivity contribution in [2.75, 3.05) is 31.7 Å². The summed E-state index contributed by atoms with van der Waals surface area (Å²) in [6, 6.07) is 6.28. The maximum atomic E-state index is 5.68. The molecule has 0 radical (unpaired) electrons. The Morgan fingerprint density at radius 2 is 2.10 bits per heavy atom. The largest absolute Gasteiger partial charge is 0.494 e. The number of benzene rings is 1. The quantitative estimate of drug-likeness (QED) is 0.831. The van der Waals surface area contributed by atoms with Crippen LogP contribution in [0, 0.1) is 5.92 Å². The molecule has 20 heavy (non-hydrogen) atoms. The molecule has 2 atom stereocenters. The molecule has 0 spiro atoms. The van der Waals surface area contributed by atoms with E-state index in [1.807, 2.05) is 32.0 Å². The number of rotatable bonds is 7. The monoisotopic (exact) mass is 279 g/mol. The molecule has 112 valence electrons. The highest BCUT2D eigenvalue weighted by Gasteiger charge is 2.23. The minimum Gasteiger partial charge on any atom is -0.494 e. The van der Waals surface area contributed by atoms with Gasteiger partial charge in [0.25, 0.3) is 0 Å². The van der Waals surface area contributed by atoms with Crippen molar-refractivity contribution in [1.29, 1.82) is 0 Å². The molecule has 2 unspecified atom stereocenters. The summed E-state index contributed by atoms with van der Waals surface area (Å²) in [5.41, 5.74) is 0.997. The van der Waals surface area contributed by atoms with Gasteiger partial charge < -0.3 is 19.5 Å². The van der Waals surface area contributed by atoms with Gasteiger partial charge in [0.15, 0.2) is 0 Å². The minimum absolute atomic E-state index is 0.355. The van der Waals surface area contributed by atoms with E-state index in [1.54, 1.807) is 0 Å². The summed E-state index contributed by atoms with van der Waals surface area (Å²) in [6.45, 7) is 9.21. The maximum Gasteiger partial charge on any atom is 0.142 e. The van der Waals surface area contributed by atoms with Crippen LogP contribution >= 0.6 is 0 Å². The normalized spacial score (nSPS) is 19.6. The van der Waals surface area contributed by atoms with Crippen LogP contribution in [0.2, 0.25) is 0 Å².